The second-order valence-electron chi connectivity index (χ2n) is 5.44. The Morgan fingerprint density at radius 3 is 2.50 bits per heavy atom. The summed E-state index contributed by atoms with van der Waals surface area (Å²) in [4.78, 5) is 16.2. The van der Waals surface area contributed by atoms with Crippen LogP contribution in [0.4, 0.5) is 0 Å². The Bertz CT molecular complexity index is 830. The molecule has 0 bridgehead atoms. The van der Waals surface area contributed by atoms with Gasteiger partial charge in [0, 0.05) is 42.0 Å². The van der Waals surface area contributed by atoms with Crippen molar-refractivity contribution in [1.82, 2.24) is 9.21 Å². The number of rotatable bonds is 4. The van der Waals surface area contributed by atoms with Gasteiger partial charge in [-0.2, -0.15) is 4.31 Å². The molecule has 1 amide bonds. The second kappa shape index (κ2) is 7.18. The molecule has 128 valence electrons. The number of amides is 1. The zero-order valence-electron chi connectivity index (χ0n) is 13.2. The van der Waals surface area contributed by atoms with Crippen LogP contribution in [-0.4, -0.2) is 49.7 Å². The van der Waals surface area contributed by atoms with E-state index < -0.39 is 10.0 Å². The molecule has 1 aliphatic heterocycles. The predicted octanol–water partition coefficient (Wildman–Crippen LogP) is 2.66. The number of hydrogen-bond donors (Lipinski definition) is 0. The highest BCUT2D eigenvalue weighted by Crippen LogP contribution is 2.22. The van der Waals surface area contributed by atoms with Crippen LogP contribution in [0.25, 0.3) is 6.08 Å². The minimum atomic E-state index is -3.42. The third-order valence-corrected chi connectivity index (χ3v) is 8.03. The number of sulfonamides is 1. The maximum atomic E-state index is 12.5. The van der Waals surface area contributed by atoms with Crippen molar-refractivity contribution in [2.45, 2.75) is 11.1 Å². The van der Waals surface area contributed by atoms with E-state index in [1.54, 1.807) is 39.8 Å². The molecule has 0 aromatic carbocycles. The van der Waals surface area contributed by atoms with E-state index in [-0.39, 0.29) is 5.91 Å². The molecule has 3 heterocycles. The van der Waals surface area contributed by atoms with Gasteiger partial charge in [-0.3, -0.25) is 4.79 Å². The first kappa shape index (κ1) is 17.3. The summed E-state index contributed by atoms with van der Waals surface area (Å²) in [5.41, 5.74) is 0. The van der Waals surface area contributed by atoms with Gasteiger partial charge >= 0.3 is 0 Å². The average molecular weight is 383 g/mol. The lowest BCUT2D eigenvalue weighted by molar-refractivity contribution is -0.127. The molecule has 8 heteroatoms. The SMILES string of the molecule is Cc1ccc(/C=C/C(=O)N2CCN(S(=O)(=O)c3cccs3)CC2)s1. The lowest BCUT2D eigenvalue weighted by Gasteiger charge is -2.33. The first-order chi connectivity index (χ1) is 11.5. The van der Waals surface area contributed by atoms with E-state index in [1.807, 2.05) is 25.1 Å². The van der Waals surface area contributed by atoms with Crippen LogP contribution in [0.2, 0.25) is 0 Å². The van der Waals surface area contributed by atoms with Crippen LogP contribution in [0.5, 0.6) is 0 Å². The zero-order valence-corrected chi connectivity index (χ0v) is 15.7. The second-order valence-corrected chi connectivity index (χ2v) is 9.88. The van der Waals surface area contributed by atoms with Crippen LogP contribution >= 0.6 is 22.7 Å². The Kier molecular flexibility index (Phi) is 5.19. The van der Waals surface area contributed by atoms with Crippen molar-refractivity contribution in [3.8, 4) is 0 Å². The van der Waals surface area contributed by atoms with E-state index in [4.69, 9.17) is 0 Å². The number of nitrogens with zero attached hydrogens (tertiary/aromatic N) is 2. The lowest BCUT2D eigenvalue weighted by Crippen LogP contribution is -2.50. The van der Waals surface area contributed by atoms with Gasteiger partial charge in [-0.25, -0.2) is 8.42 Å². The summed E-state index contributed by atoms with van der Waals surface area (Å²) in [5, 5.41) is 1.75. The van der Waals surface area contributed by atoms with E-state index >= 15 is 0 Å². The summed E-state index contributed by atoms with van der Waals surface area (Å²) in [5.74, 6) is -0.0748. The molecule has 2 aromatic heterocycles. The normalized spacial score (nSPS) is 16.8. The number of aryl methyl sites for hydroxylation is 1. The van der Waals surface area contributed by atoms with Crippen molar-refractivity contribution in [2.24, 2.45) is 0 Å². The van der Waals surface area contributed by atoms with Crippen LogP contribution < -0.4 is 0 Å². The Morgan fingerprint density at radius 2 is 1.92 bits per heavy atom. The topological polar surface area (TPSA) is 57.7 Å². The van der Waals surface area contributed by atoms with Crippen LogP contribution in [0.1, 0.15) is 9.75 Å². The molecule has 0 atom stereocenters. The summed E-state index contributed by atoms with van der Waals surface area (Å²) in [6, 6.07) is 7.34. The molecule has 2 aromatic rings. The smallest absolute Gasteiger partial charge is 0.252 e. The molecule has 3 rings (SSSR count). The summed E-state index contributed by atoms with van der Waals surface area (Å²) in [7, 11) is -3.42. The van der Waals surface area contributed by atoms with Gasteiger partial charge in [-0.1, -0.05) is 6.07 Å². The highest BCUT2D eigenvalue weighted by Gasteiger charge is 2.30. The molecular weight excluding hydrogens is 364 g/mol. The molecule has 0 saturated carbocycles. The molecule has 1 saturated heterocycles. The van der Waals surface area contributed by atoms with Gasteiger partial charge in [-0.15, -0.1) is 22.7 Å². The number of piperazine rings is 1. The molecule has 5 nitrogen and oxygen atoms in total. The fourth-order valence-corrected chi connectivity index (χ4v) is 5.83. The summed E-state index contributed by atoms with van der Waals surface area (Å²) < 4.78 is 26.7. The predicted molar refractivity (Wildman–Crippen MR) is 97.7 cm³/mol. The molecule has 24 heavy (non-hydrogen) atoms. The van der Waals surface area contributed by atoms with E-state index in [0.717, 1.165) is 4.88 Å². The van der Waals surface area contributed by atoms with Gasteiger partial charge in [0.05, 0.1) is 0 Å². The van der Waals surface area contributed by atoms with Crippen molar-refractivity contribution >= 4 is 44.7 Å². The first-order valence-corrected chi connectivity index (χ1v) is 10.7. The lowest BCUT2D eigenvalue weighted by atomic mass is 10.3. The van der Waals surface area contributed by atoms with E-state index in [2.05, 4.69) is 0 Å². The molecule has 1 fully saturated rings. The molecule has 0 aliphatic carbocycles. The molecule has 0 unspecified atom stereocenters. The first-order valence-electron chi connectivity index (χ1n) is 7.54. The average Bonchev–Trinajstić information content (AvgIpc) is 3.24. The molecular formula is C16H18N2O3S3. The van der Waals surface area contributed by atoms with Gasteiger partial charge in [-0.05, 0) is 36.6 Å². The summed E-state index contributed by atoms with van der Waals surface area (Å²) >= 11 is 2.85. The Balaban J connectivity index is 1.59. The highest BCUT2D eigenvalue weighted by atomic mass is 32.2. The standard InChI is InChI=1S/C16H18N2O3S3/c1-13-4-5-14(23-13)6-7-15(19)17-8-10-18(11-9-17)24(20,21)16-3-2-12-22-16/h2-7,12H,8-11H2,1H3/b7-6+. The van der Waals surface area contributed by atoms with Gasteiger partial charge in [0.1, 0.15) is 4.21 Å². The number of carbonyl (C=O) groups is 1. The maximum absolute atomic E-state index is 12.5. The molecule has 0 radical (unpaired) electrons. The fourth-order valence-electron chi connectivity index (χ4n) is 2.49. The monoisotopic (exact) mass is 382 g/mol. The van der Waals surface area contributed by atoms with Gasteiger partial charge in [0.15, 0.2) is 0 Å². The van der Waals surface area contributed by atoms with E-state index in [0.29, 0.717) is 30.4 Å². The highest BCUT2D eigenvalue weighted by molar-refractivity contribution is 7.91. The van der Waals surface area contributed by atoms with E-state index in [9.17, 15) is 13.2 Å². The van der Waals surface area contributed by atoms with Gasteiger partial charge in [0.2, 0.25) is 5.91 Å². The van der Waals surface area contributed by atoms with Crippen molar-refractivity contribution < 1.29 is 13.2 Å². The van der Waals surface area contributed by atoms with Crippen LogP contribution in [0.3, 0.4) is 0 Å². The number of carbonyl (C=O) groups excluding carboxylic acids is 1. The minimum Gasteiger partial charge on any atom is -0.337 e. The summed E-state index contributed by atoms with van der Waals surface area (Å²) in [6.45, 7) is 3.52. The Hall–Kier alpha value is -1.48. The van der Waals surface area contributed by atoms with Crippen molar-refractivity contribution in [1.29, 1.82) is 0 Å². The van der Waals surface area contributed by atoms with Crippen LogP contribution in [0, 0.1) is 6.92 Å². The Labute approximate surface area is 149 Å². The van der Waals surface area contributed by atoms with Crippen molar-refractivity contribution in [3.63, 3.8) is 0 Å². The number of hydrogen-bond acceptors (Lipinski definition) is 5. The van der Waals surface area contributed by atoms with Crippen molar-refractivity contribution in [2.75, 3.05) is 26.2 Å². The fraction of sp³-hybridized carbons (Fsp3) is 0.312. The molecule has 0 spiro atoms. The maximum Gasteiger partial charge on any atom is 0.252 e. The van der Waals surface area contributed by atoms with Crippen LogP contribution in [0.15, 0.2) is 39.9 Å². The largest absolute Gasteiger partial charge is 0.337 e. The van der Waals surface area contributed by atoms with Crippen molar-refractivity contribution in [3.05, 3.63) is 45.5 Å². The Morgan fingerprint density at radius 1 is 1.17 bits per heavy atom. The number of thiophene rings is 2. The molecule has 1 aliphatic rings. The summed E-state index contributed by atoms with van der Waals surface area (Å²) in [6.07, 6.45) is 3.38. The minimum absolute atomic E-state index is 0.0748. The van der Waals surface area contributed by atoms with Gasteiger partial charge < -0.3 is 4.90 Å². The third-order valence-electron chi connectivity index (χ3n) is 3.79. The quantitative estimate of drug-likeness (QED) is 0.764. The van der Waals surface area contributed by atoms with E-state index in [1.165, 1.54) is 20.5 Å². The van der Waals surface area contributed by atoms with Gasteiger partial charge in [0.25, 0.3) is 10.0 Å². The zero-order chi connectivity index (χ0) is 17.2. The molecule has 0 N–H and O–H groups in total. The van der Waals surface area contributed by atoms with Crippen LogP contribution in [-0.2, 0) is 14.8 Å². The third kappa shape index (κ3) is 3.77.